The average molecular weight is 286 g/mol. The molecule has 1 aliphatic rings. The van der Waals surface area contributed by atoms with Crippen molar-refractivity contribution in [1.82, 2.24) is 5.43 Å². The van der Waals surface area contributed by atoms with Crippen LogP contribution in [0.25, 0.3) is 0 Å². The molecule has 1 heterocycles. The predicted molar refractivity (Wildman–Crippen MR) is 85.7 cm³/mol. The Balaban J connectivity index is 1.62. The fourth-order valence-electron chi connectivity index (χ4n) is 3.28. The highest BCUT2D eigenvalue weighted by atomic mass is 32.1. The van der Waals surface area contributed by atoms with Crippen LogP contribution in [0, 0.1) is 5.92 Å². The molecule has 0 saturated carbocycles. The van der Waals surface area contributed by atoms with Gasteiger partial charge in [0.05, 0.1) is 0 Å². The number of aryl methyl sites for hydroxylation is 2. The van der Waals surface area contributed by atoms with Crippen molar-refractivity contribution in [1.29, 1.82) is 0 Å². The molecule has 3 N–H and O–H groups in total. The first-order chi connectivity index (χ1) is 9.86. The summed E-state index contributed by atoms with van der Waals surface area (Å²) in [6.07, 6.45) is 5.85. The van der Waals surface area contributed by atoms with Gasteiger partial charge in [0.1, 0.15) is 0 Å². The summed E-state index contributed by atoms with van der Waals surface area (Å²) in [5.74, 6) is 6.48. The summed E-state index contributed by atoms with van der Waals surface area (Å²) in [4.78, 5) is 0. The summed E-state index contributed by atoms with van der Waals surface area (Å²) in [6, 6.07) is 11.5. The van der Waals surface area contributed by atoms with Crippen LogP contribution in [-0.2, 0) is 19.3 Å². The lowest BCUT2D eigenvalue weighted by atomic mass is 9.79. The van der Waals surface area contributed by atoms with Crippen LogP contribution in [0.1, 0.15) is 29.5 Å². The Morgan fingerprint density at radius 3 is 2.85 bits per heavy atom. The van der Waals surface area contributed by atoms with Crippen molar-refractivity contribution in [2.75, 3.05) is 0 Å². The van der Waals surface area contributed by atoms with Crippen LogP contribution in [-0.4, -0.2) is 6.04 Å². The molecule has 0 radical (unpaired) electrons. The Bertz CT molecular complexity index is 536. The Labute approximate surface area is 125 Å². The fraction of sp³-hybridized carbons (Fsp3) is 0.412. The number of hydrogen-bond donors (Lipinski definition) is 2. The molecule has 0 aliphatic heterocycles. The molecule has 0 bridgehead atoms. The third-order valence-electron chi connectivity index (χ3n) is 4.49. The van der Waals surface area contributed by atoms with Crippen molar-refractivity contribution in [2.45, 2.75) is 38.1 Å². The Morgan fingerprint density at radius 1 is 1.25 bits per heavy atom. The van der Waals surface area contributed by atoms with Gasteiger partial charge >= 0.3 is 0 Å². The molecule has 3 rings (SSSR count). The van der Waals surface area contributed by atoms with Gasteiger partial charge in [0.2, 0.25) is 0 Å². The van der Waals surface area contributed by atoms with Crippen molar-refractivity contribution < 1.29 is 0 Å². The van der Waals surface area contributed by atoms with Gasteiger partial charge < -0.3 is 0 Å². The molecular weight excluding hydrogens is 264 g/mol. The summed E-state index contributed by atoms with van der Waals surface area (Å²) in [6.45, 7) is 0. The molecule has 0 spiro atoms. The van der Waals surface area contributed by atoms with Gasteiger partial charge in [0.25, 0.3) is 0 Å². The quantitative estimate of drug-likeness (QED) is 0.653. The van der Waals surface area contributed by atoms with Gasteiger partial charge in [-0.2, -0.15) is 11.3 Å². The lowest BCUT2D eigenvalue weighted by molar-refractivity contribution is 0.308. The smallest absolute Gasteiger partial charge is 0.0245 e. The van der Waals surface area contributed by atoms with E-state index in [1.54, 1.807) is 11.3 Å². The van der Waals surface area contributed by atoms with E-state index in [-0.39, 0.29) is 0 Å². The van der Waals surface area contributed by atoms with E-state index in [1.807, 2.05) is 0 Å². The molecule has 1 aliphatic carbocycles. The molecule has 2 aromatic rings. The van der Waals surface area contributed by atoms with Gasteiger partial charge in [-0.3, -0.25) is 11.3 Å². The number of benzene rings is 1. The van der Waals surface area contributed by atoms with Crippen molar-refractivity contribution >= 4 is 11.3 Å². The highest BCUT2D eigenvalue weighted by molar-refractivity contribution is 7.07. The van der Waals surface area contributed by atoms with E-state index in [2.05, 4.69) is 46.5 Å². The number of nitrogens with one attached hydrogen (secondary N) is 1. The highest BCUT2D eigenvalue weighted by Crippen LogP contribution is 2.29. The van der Waals surface area contributed by atoms with E-state index < -0.39 is 0 Å². The summed E-state index contributed by atoms with van der Waals surface area (Å²) in [5, 5.41) is 4.39. The molecular formula is C17H22N2S. The minimum atomic E-state index is 0.420. The molecule has 1 aromatic carbocycles. The van der Waals surface area contributed by atoms with Gasteiger partial charge in [0, 0.05) is 6.04 Å². The maximum Gasteiger partial charge on any atom is 0.0245 e. The summed E-state index contributed by atoms with van der Waals surface area (Å²) in [5.41, 5.74) is 7.54. The molecule has 2 atom stereocenters. The van der Waals surface area contributed by atoms with E-state index in [9.17, 15) is 0 Å². The number of thiophene rings is 1. The monoisotopic (exact) mass is 286 g/mol. The molecule has 1 aromatic heterocycles. The fourth-order valence-corrected chi connectivity index (χ4v) is 3.98. The highest BCUT2D eigenvalue weighted by Gasteiger charge is 2.25. The number of rotatable bonds is 5. The first-order valence-corrected chi connectivity index (χ1v) is 8.35. The average Bonchev–Trinajstić information content (AvgIpc) is 3.01. The zero-order valence-electron chi connectivity index (χ0n) is 11.7. The molecule has 3 heteroatoms. The summed E-state index contributed by atoms with van der Waals surface area (Å²) >= 11 is 1.77. The van der Waals surface area contributed by atoms with E-state index >= 15 is 0 Å². The van der Waals surface area contributed by atoms with E-state index in [4.69, 9.17) is 5.84 Å². The number of hydrogen-bond acceptors (Lipinski definition) is 3. The van der Waals surface area contributed by atoms with E-state index in [0.717, 1.165) is 19.3 Å². The Kier molecular flexibility index (Phi) is 4.51. The molecule has 2 unspecified atom stereocenters. The molecule has 20 heavy (non-hydrogen) atoms. The number of hydrazine groups is 1. The van der Waals surface area contributed by atoms with Crippen molar-refractivity contribution in [3.05, 3.63) is 57.8 Å². The van der Waals surface area contributed by atoms with Crippen LogP contribution < -0.4 is 11.3 Å². The van der Waals surface area contributed by atoms with E-state index in [1.165, 1.54) is 29.5 Å². The molecule has 0 amide bonds. The Morgan fingerprint density at radius 2 is 2.10 bits per heavy atom. The first-order valence-electron chi connectivity index (χ1n) is 7.41. The van der Waals surface area contributed by atoms with Crippen LogP contribution in [0.4, 0.5) is 0 Å². The third-order valence-corrected chi connectivity index (χ3v) is 5.22. The predicted octanol–water partition coefficient (Wildman–Crippen LogP) is 3.32. The number of nitrogens with two attached hydrogens (primary N) is 1. The lowest BCUT2D eigenvalue weighted by Crippen LogP contribution is -2.43. The second kappa shape index (κ2) is 6.53. The van der Waals surface area contributed by atoms with Crippen molar-refractivity contribution in [2.24, 2.45) is 11.8 Å². The van der Waals surface area contributed by atoms with Gasteiger partial charge in [0.15, 0.2) is 0 Å². The second-order valence-electron chi connectivity index (χ2n) is 5.72. The largest absolute Gasteiger partial charge is 0.271 e. The van der Waals surface area contributed by atoms with Gasteiger partial charge in [-0.1, -0.05) is 24.3 Å². The SMILES string of the molecule is NNC(CCc1ccsc1)C1CCc2ccccc2C1. The summed E-state index contributed by atoms with van der Waals surface area (Å²) < 4.78 is 0. The molecule has 0 fully saturated rings. The van der Waals surface area contributed by atoms with Gasteiger partial charge in [-0.25, -0.2) is 0 Å². The third kappa shape index (κ3) is 3.11. The minimum absolute atomic E-state index is 0.420. The maximum absolute atomic E-state index is 5.82. The zero-order valence-corrected chi connectivity index (χ0v) is 12.5. The van der Waals surface area contributed by atoms with Gasteiger partial charge in [-0.05, 0) is 71.5 Å². The lowest BCUT2D eigenvalue weighted by Gasteiger charge is -2.31. The zero-order chi connectivity index (χ0) is 13.8. The van der Waals surface area contributed by atoms with Gasteiger partial charge in [-0.15, -0.1) is 0 Å². The molecule has 106 valence electrons. The van der Waals surface area contributed by atoms with Crippen LogP contribution >= 0.6 is 11.3 Å². The van der Waals surface area contributed by atoms with Crippen molar-refractivity contribution in [3.8, 4) is 0 Å². The summed E-state index contributed by atoms with van der Waals surface area (Å²) in [7, 11) is 0. The first kappa shape index (κ1) is 13.8. The van der Waals surface area contributed by atoms with E-state index in [0.29, 0.717) is 12.0 Å². The van der Waals surface area contributed by atoms with Crippen LogP contribution in [0.15, 0.2) is 41.1 Å². The van der Waals surface area contributed by atoms with Crippen LogP contribution in [0.2, 0.25) is 0 Å². The van der Waals surface area contributed by atoms with Crippen LogP contribution in [0.5, 0.6) is 0 Å². The van der Waals surface area contributed by atoms with Crippen molar-refractivity contribution in [3.63, 3.8) is 0 Å². The molecule has 2 nitrogen and oxygen atoms in total. The minimum Gasteiger partial charge on any atom is -0.271 e. The Hall–Kier alpha value is -1.16. The number of fused-ring (bicyclic) bond motifs is 1. The topological polar surface area (TPSA) is 38.0 Å². The normalized spacial score (nSPS) is 19.6. The second-order valence-corrected chi connectivity index (χ2v) is 6.50. The van der Waals surface area contributed by atoms with Crippen LogP contribution in [0.3, 0.4) is 0 Å². The molecule has 0 saturated heterocycles. The maximum atomic E-state index is 5.82. The standard InChI is InChI=1S/C17H22N2S/c18-19-17(8-5-13-9-10-20-12-13)16-7-6-14-3-1-2-4-15(14)11-16/h1-4,9-10,12,16-17,19H,5-8,11,18H2.